The van der Waals surface area contributed by atoms with E-state index >= 15 is 0 Å². The normalized spacial score (nSPS) is 29.1. The third-order valence-corrected chi connectivity index (χ3v) is 3.82. The number of anilines is 1. The van der Waals surface area contributed by atoms with E-state index in [9.17, 15) is 24.9 Å². The first-order valence-electron chi connectivity index (χ1n) is 7.74. The van der Waals surface area contributed by atoms with Crippen LogP contribution in [0, 0.1) is 0 Å². The van der Waals surface area contributed by atoms with Crippen molar-refractivity contribution >= 4 is 17.6 Å². The molecule has 5 N–H and O–H groups in total. The Morgan fingerprint density at radius 2 is 1.88 bits per heavy atom. The maximum atomic E-state index is 11.4. The fourth-order valence-corrected chi connectivity index (χ4v) is 2.46. The number of aliphatic hydroxyl groups excluding tert-OH is 3. The number of benzene rings is 1. The van der Waals surface area contributed by atoms with Crippen molar-refractivity contribution in [2.75, 3.05) is 5.32 Å². The molecule has 2 rings (SSSR count). The summed E-state index contributed by atoms with van der Waals surface area (Å²) in [4.78, 5) is 22.5. The summed E-state index contributed by atoms with van der Waals surface area (Å²) in [5, 5.41) is 41.1. The Morgan fingerprint density at radius 3 is 2.44 bits per heavy atom. The van der Waals surface area contributed by atoms with Crippen LogP contribution in [0.3, 0.4) is 0 Å². The molecule has 0 aromatic heterocycles. The fourth-order valence-electron chi connectivity index (χ4n) is 2.46. The number of amides is 1. The average molecular weight is 355 g/mol. The first kappa shape index (κ1) is 19.1. The maximum Gasteiger partial charge on any atom is 0.335 e. The number of rotatable bonds is 5. The zero-order valence-corrected chi connectivity index (χ0v) is 13.7. The molecule has 1 aromatic carbocycles. The van der Waals surface area contributed by atoms with Gasteiger partial charge in [-0.25, -0.2) is 4.79 Å². The third kappa shape index (κ3) is 4.26. The van der Waals surface area contributed by atoms with Gasteiger partial charge in [-0.1, -0.05) is 13.0 Å². The number of nitrogens with one attached hydrogen (secondary N) is 1. The Bertz CT molecular complexity index is 649. The Balaban J connectivity index is 2.27. The smallest absolute Gasteiger partial charge is 0.335 e. The number of hydrogen-bond acceptors (Lipinski definition) is 7. The van der Waals surface area contributed by atoms with Crippen LogP contribution in [0.2, 0.25) is 0 Å². The largest absolute Gasteiger partial charge is 0.479 e. The van der Waals surface area contributed by atoms with Crippen LogP contribution in [-0.2, 0) is 20.7 Å². The van der Waals surface area contributed by atoms with Crippen molar-refractivity contribution in [1.82, 2.24) is 0 Å². The SMILES string of the molecule is CCc1ccc(O[C@@H]2O[C@H](C(=O)O)[C@@H](O)[C@H](O)[C@H]2O)c(NC(C)=O)c1. The van der Waals surface area contributed by atoms with Crippen LogP contribution in [0.4, 0.5) is 5.69 Å². The molecule has 25 heavy (non-hydrogen) atoms. The van der Waals surface area contributed by atoms with E-state index in [1.807, 2.05) is 6.92 Å². The molecular weight excluding hydrogens is 334 g/mol. The first-order chi connectivity index (χ1) is 11.7. The summed E-state index contributed by atoms with van der Waals surface area (Å²) in [6.07, 6.45) is -7.84. The van der Waals surface area contributed by atoms with Crippen LogP contribution in [-0.4, -0.2) is 63.0 Å². The minimum absolute atomic E-state index is 0.129. The molecule has 1 heterocycles. The third-order valence-electron chi connectivity index (χ3n) is 3.82. The van der Waals surface area contributed by atoms with Gasteiger partial charge in [-0.05, 0) is 24.1 Å². The van der Waals surface area contributed by atoms with E-state index in [2.05, 4.69) is 5.32 Å². The van der Waals surface area contributed by atoms with Crippen LogP contribution >= 0.6 is 0 Å². The minimum atomic E-state index is -1.80. The van der Waals surface area contributed by atoms with Gasteiger partial charge >= 0.3 is 5.97 Å². The monoisotopic (exact) mass is 355 g/mol. The van der Waals surface area contributed by atoms with Crippen molar-refractivity contribution in [1.29, 1.82) is 0 Å². The van der Waals surface area contributed by atoms with Crippen molar-refractivity contribution in [3.05, 3.63) is 23.8 Å². The molecule has 1 aliphatic heterocycles. The predicted molar refractivity (Wildman–Crippen MR) is 85.1 cm³/mol. The van der Waals surface area contributed by atoms with Crippen molar-refractivity contribution < 1.29 is 39.5 Å². The Hall–Kier alpha value is -2.20. The molecule has 1 aromatic rings. The van der Waals surface area contributed by atoms with Gasteiger partial charge in [0, 0.05) is 6.92 Å². The second-order valence-corrected chi connectivity index (χ2v) is 5.72. The molecule has 9 nitrogen and oxygen atoms in total. The van der Waals surface area contributed by atoms with E-state index in [0.29, 0.717) is 12.1 Å². The summed E-state index contributed by atoms with van der Waals surface area (Å²) in [6, 6.07) is 4.94. The van der Waals surface area contributed by atoms with Gasteiger partial charge in [0.25, 0.3) is 0 Å². The van der Waals surface area contributed by atoms with E-state index in [-0.39, 0.29) is 11.7 Å². The molecule has 0 radical (unpaired) electrons. The lowest BCUT2D eigenvalue weighted by Gasteiger charge is -2.38. The second kappa shape index (κ2) is 7.79. The number of carbonyl (C=O) groups excluding carboxylic acids is 1. The van der Waals surface area contributed by atoms with E-state index in [1.165, 1.54) is 13.0 Å². The molecule has 0 unspecified atom stereocenters. The van der Waals surface area contributed by atoms with Gasteiger partial charge in [0.05, 0.1) is 5.69 Å². The highest BCUT2D eigenvalue weighted by Crippen LogP contribution is 2.30. The summed E-state index contributed by atoms with van der Waals surface area (Å²) in [7, 11) is 0. The van der Waals surface area contributed by atoms with Crippen LogP contribution in [0.15, 0.2) is 18.2 Å². The highest BCUT2D eigenvalue weighted by molar-refractivity contribution is 5.90. The molecule has 0 saturated carbocycles. The van der Waals surface area contributed by atoms with Crippen molar-refractivity contribution in [2.24, 2.45) is 0 Å². The average Bonchev–Trinajstić information content (AvgIpc) is 2.55. The van der Waals surface area contributed by atoms with Gasteiger partial charge in [-0.2, -0.15) is 0 Å². The fraction of sp³-hybridized carbons (Fsp3) is 0.500. The molecule has 1 amide bonds. The lowest BCUT2D eigenvalue weighted by molar-refractivity contribution is -0.271. The summed E-state index contributed by atoms with van der Waals surface area (Å²) in [5.74, 6) is -1.72. The van der Waals surface area contributed by atoms with Gasteiger partial charge in [0.1, 0.15) is 24.1 Å². The quantitative estimate of drug-likeness (QED) is 0.474. The van der Waals surface area contributed by atoms with Gasteiger partial charge < -0.3 is 35.2 Å². The standard InChI is InChI=1S/C16H21NO8/c1-3-8-4-5-10(9(6-8)17-7(2)18)24-16-13(21)11(19)12(20)14(25-16)15(22)23/h4-6,11-14,16,19-21H,3H2,1-2H3,(H,17,18)(H,22,23)/t11-,12-,13+,14-,16+/m0/s1. The van der Waals surface area contributed by atoms with Gasteiger partial charge in [0.15, 0.2) is 6.10 Å². The number of carboxylic acid groups (broad SMARTS) is 1. The molecule has 0 bridgehead atoms. The van der Waals surface area contributed by atoms with Crippen LogP contribution < -0.4 is 10.1 Å². The van der Waals surface area contributed by atoms with Crippen LogP contribution in [0.25, 0.3) is 0 Å². The first-order valence-corrected chi connectivity index (χ1v) is 7.74. The molecule has 1 saturated heterocycles. The molecule has 9 heteroatoms. The van der Waals surface area contributed by atoms with Gasteiger partial charge in [-0.15, -0.1) is 0 Å². The summed E-state index contributed by atoms with van der Waals surface area (Å²) in [5.41, 5.74) is 1.23. The second-order valence-electron chi connectivity index (χ2n) is 5.72. The predicted octanol–water partition coefficient (Wildman–Crippen LogP) is -0.522. The molecule has 0 spiro atoms. The van der Waals surface area contributed by atoms with Crippen molar-refractivity contribution in [2.45, 2.75) is 51.0 Å². The summed E-state index contributed by atoms with van der Waals surface area (Å²) >= 11 is 0. The Labute approximate surface area is 143 Å². The maximum absolute atomic E-state index is 11.4. The Morgan fingerprint density at radius 1 is 1.20 bits per heavy atom. The number of carbonyl (C=O) groups is 2. The molecule has 138 valence electrons. The number of ether oxygens (including phenoxy) is 2. The highest BCUT2D eigenvalue weighted by Gasteiger charge is 2.48. The van der Waals surface area contributed by atoms with Gasteiger partial charge in [0.2, 0.25) is 12.2 Å². The van der Waals surface area contributed by atoms with E-state index in [1.54, 1.807) is 12.1 Å². The van der Waals surface area contributed by atoms with Crippen molar-refractivity contribution in [3.63, 3.8) is 0 Å². The number of aryl methyl sites for hydroxylation is 1. The number of aliphatic carboxylic acids is 1. The van der Waals surface area contributed by atoms with E-state index in [4.69, 9.17) is 14.6 Å². The molecule has 1 aliphatic rings. The molecule has 0 aliphatic carbocycles. The lowest BCUT2D eigenvalue weighted by Crippen LogP contribution is -2.61. The Kier molecular flexibility index (Phi) is 5.96. The molecular formula is C16H21NO8. The summed E-state index contributed by atoms with van der Waals surface area (Å²) in [6.45, 7) is 3.24. The zero-order valence-electron chi connectivity index (χ0n) is 13.7. The number of carboxylic acids is 1. The van der Waals surface area contributed by atoms with E-state index in [0.717, 1.165) is 5.56 Å². The van der Waals surface area contributed by atoms with Crippen LogP contribution in [0.1, 0.15) is 19.4 Å². The van der Waals surface area contributed by atoms with E-state index < -0.39 is 36.7 Å². The van der Waals surface area contributed by atoms with Crippen molar-refractivity contribution in [3.8, 4) is 5.75 Å². The van der Waals surface area contributed by atoms with Crippen LogP contribution in [0.5, 0.6) is 5.75 Å². The van der Waals surface area contributed by atoms with Gasteiger partial charge in [-0.3, -0.25) is 4.79 Å². The minimum Gasteiger partial charge on any atom is -0.479 e. The molecule has 5 atom stereocenters. The topological polar surface area (TPSA) is 146 Å². The molecule has 1 fully saturated rings. The number of hydrogen-bond donors (Lipinski definition) is 5. The summed E-state index contributed by atoms with van der Waals surface area (Å²) < 4.78 is 10.5. The highest BCUT2D eigenvalue weighted by atomic mass is 16.7. The number of aliphatic hydroxyl groups is 3. The zero-order chi connectivity index (χ0) is 18.7. The lowest BCUT2D eigenvalue weighted by atomic mass is 9.99.